The lowest BCUT2D eigenvalue weighted by Crippen LogP contribution is -2.32. The molecule has 2 aliphatic rings. The largest absolute Gasteiger partial charge is 0.487 e. The van der Waals surface area contributed by atoms with Gasteiger partial charge in [-0.3, -0.25) is 4.79 Å². The molecule has 2 heterocycles. The third kappa shape index (κ3) is 5.87. The molecule has 3 aromatic rings. The average molecular weight is 511 g/mol. The number of carbonyl (C=O) groups is 1. The molecular formula is C28H31FN2O4S. The fourth-order valence-electron chi connectivity index (χ4n) is 5.13. The van der Waals surface area contributed by atoms with Crippen molar-refractivity contribution in [2.75, 3.05) is 18.5 Å². The maximum Gasteiger partial charge on any atom is 0.227 e. The molecule has 190 valence electrons. The van der Waals surface area contributed by atoms with Gasteiger partial charge in [-0.05, 0) is 73.9 Å². The summed E-state index contributed by atoms with van der Waals surface area (Å²) in [7, 11) is 0. The Bertz CT molecular complexity index is 1200. The number of hydrogen-bond donors (Lipinski definition) is 1. The van der Waals surface area contributed by atoms with Gasteiger partial charge in [0, 0.05) is 36.1 Å². The summed E-state index contributed by atoms with van der Waals surface area (Å²) in [5.74, 6) is 1.09. The summed E-state index contributed by atoms with van der Waals surface area (Å²) >= 11 is 1.40. The van der Waals surface area contributed by atoms with Crippen molar-refractivity contribution in [2.45, 2.75) is 63.4 Å². The van der Waals surface area contributed by atoms with Crippen LogP contribution in [-0.2, 0) is 21.4 Å². The quantitative estimate of drug-likeness (QED) is 0.368. The Morgan fingerprint density at radius 2 is 2.17 bits per heavy atom. The summed E-state index contributed by atoms with van der Waals surface area (Å²) in [6.45, 7) is 3.31. The van der Waals surface area contributed by atoms with Crippen molar-refractivity contribution in [2.24, 2.45) is 0 Å². The molecule has 1 N–H and O–H groups in total. The number of carbonyl (C=O) groups excluding carboxylic acids is 1. The Morgan fingerprint density at radius 3 is 2.94 bits per heavy atom. The second-order valence-electron chi connectivity index (χ2n) is 9.79. The van der Waals surface area contributed by atoms with E-state index in [0.717, 1.165) is 56.3 Å². The van der Waals surface area contributed by atoms with E-state index in [1.165, 1.54) is 23.5 Å². The number of nitrogens with zero attached hydrogens (tertiary/aromatic N) is 1. The fraction of sp³-hybridized carbons (Fsp3) is 0.429. The Kier molecular flexibility index (Phi) is 7.53. The van der Waals surface area contributed by atoms with Crippen LogP contribution in [0.4, 0.5) is 9.52 Å². The summed E-state index contributed by atoms with van der Waals surface area (Å²) in [6, 6.07) is 10.1. The number of fused-ring (bicyclic) bond motifs is 1. The number of rotatable bonds is 8. The number of aromatic nitrogens is 1. The number of hydrogen-bond acceptors (Lipinski definition) is 6. The van der Waals surface area contributed by atoms with E-state index in [1.54, 1.807) is 18.3 Å². The first-order valence-electron chi connectivity index (χ1n) is 12.5. The molecule has 1 aliphatic carbocycles. The van der Waals surface area contributed by atoms with Crippen LogP contribution in [-0.4, -0.2) is 30.2 Å². The van der Waals surface area contributed by atoms with E-state index in [0.29, 0.717) is 35.4 Å². The van der Waals surface area contributed by atoms with Crippen LogP contribution >= 0.6 is 11.3 Å². The van der Waals surface area contributed by atoms with Gasteiger partial charge in [-0.15, -0.1) is 11.3 Å². The van der Waals surface area contributed by atoms with E-state index < -0.39 is 0 Å². The zero-order valence-electron chi connectivity index (χ0n) is 20.4. The first-order valence-corrected chi connectivity index (χ1v) is 13.4. The zero-order chi connectivity index (χ0) is 25.0. The Morgan fingerprint density at radius 1 is 1.25 bits per heavy atom. The maximum atomic E-state index is 13.9. The van der Waals surface area contributed by atoms with E-state index >= 15 is 0 Å². The molecule has 2 aromatic carbocycles. The van der Waals surface area contributed by atoms with Gasteiger partial charge in [0.2, 0.25) is 5.91 Å². The van der Waals surface area contributed by atoms with Gasteiger partial charge in [0.15, 0.2) is 16.6 Å². The van der Waals surface area contributed by atoms with Crippen molar-refractivity contribution >= 4 is 22.4 Å². The number of nitrogens with one attached hydrogen (secondary N) is 1. The predicted octanol–water partition coefficient (Wildman–Crippen LogP) is 6.65. The van der Waals surface area contributed by atoms with Crippen LogP contribution in [0.15, 0.2) is 48.0 Å². The minimum Gasteiger partial charge on any atom is -0.487 e. The second-order valence-corrected chi connectivity index (χ2v) is 10.7. The van der Waals surface area contributed by atoms with Crippen LogP contribution in [0.2, 0.25) is 0 Å². The molecule has 1 aromatic heterocycles. The van der Waals surface area contributed by atoms with Gasteiger partial charge in [0.1, 0.15) is 18.2 Å². The summed E-state index contributed by atoms with van der Waals surface area (Å²) < 4.78 is 32.1. The van der Waals surface area contributed by atoms with Gasteiger partial charge in [-0.2, -0.15) is 0 Å². The highest BCUT2D eigenvalue weighted by Crippen LogP contribution is 2.45. The molecule has 0 bridgehead atoms. The first kappa shape index (κ1) is 24.7. The van der Waals surface area contributed by atoms with Gasteiger partial charge < -0.3 is 19.5 Å². The van der Waals surface area contributed by atoms with E-state index in [-0.39, 0.29) is 23.2 Å². The molecule has 36 heavy (non-hydrogen) atoms. The SMILES string of the molecule is C[C@]1(CC(=O)Nc2nccs2)CCCc2cc(OCC3CCCCO3)c(Oc3cccc(F)c3)cc21. The van der Waals surface area contributed by atoms with E-state index in [1.807, 2.05) is 17.5 Å². The van der Waals surface area contributed by atoms with Crippen LogP contribution in [0.25, 0.3) is 0 Å². The molecule has 1 saturated heterocycles. The molecule has 1 amide bonds. The smallest absolute Gasteiger partial charge is 0.227 e. The number of ether oxygens (including phenoxy) is 3. The molecular weight excluding hydrogens is 479 g/mol. The maximum absolute atomic E-state index is 13.9. The highest BCUT2D eigenvalue weighted by molar-refractivity contribution is 7.13. The van der Waals surface area contributed by atoms with Gasteiger partial charge in [-0.25, -0.2) is 9.37 Å². The normalized spacial score (nSPS) is 21.4. The lowest BCUT2D eigenvalue weighted by Gasteiger charge is -2.36. The number of halogens is 1. The number of anilines is 1. The highest BCUT2D eigenvalue weighted by atomic mass is 32.1. The summed E-state index contributed by atoms with van der Waals surface area (Å²) in [4.78, 5) is 17.1. The summed E-state index contributed by atoms with van der Waals surface area (Å²) in [6.07, 6.45) is 7.99. The number of aryl methyl sites for hydroxylation is 1. The molecule has 6 nitrogen and oxygen atoms in total. The molecule has 2 atom stereocenters. The van der Waals surface area contributed by atoms with Crippen LogP contribution in [0.1, 0.15) is 56.6 Å². The summed E-state index contributed by atoms with van der Waals surface area (Å²) in [5.41, 5.74) is 1.84. The van der Waals surface area contributed by atoms with Crippen molar-refractivity contribution in [1.82, 2.24) is 4.98 Å². The predicted molar refractivity (Wildman–Crippen MR) is 138 cm³/mol. The summed E-state index contributed by atoms with van der Waals surface area (Å²) in [5, 5.41) is 5.35. The van der Waals surface area contributed by atoms with Gasteiger partial charge in [-0.1, -0.05) is 13.0 Å². The van der Waals surface area contributed by atoms with Gasteiger partial charge >= 0.3 is 0 Å². The van der Waals surface area contributed by atoms with Crippen LogP contribution in [0.5, 0.6) is 17.2 Å². The number of amides is 1. The molecule has 5 rings (SSSR count). The lowest BCUT2D eigenvalue weighted by atomic mass is 9.69. The van der Waals surface area contributed by atoms with Crippen molar-refractivity contribution in [1.29, 1.82) is 0 Å². The fourth-order valence-corrected chi connectivity index (χ4v) is 5.68. The van der Waals surface area contributed by atoms with Gasteiger partial charge in [0.05, 0.1) is 6.10 Å². The van der Waals surface area contributed by atoms with Crippen molar-refractivity contribution in [3.8, 4) is 17.2 Å². The molecule has 1 fully saturated rings. The zero-order valence-corrected chi connectivity index (χ0v) is 21.2. The molecule has 1 aliphatic heterocycles. The lowest BCUT2D eigenvalue weighted by molar-refractivity contribution is -0.117. The van der Waals surface area contributed by atoms with Crippen LogP contribution in [0, 0.1) is 5.82 Å². The van der Waals surface area contributed by atoms with Crippen molar-refractivity contribution < 1.29 is 23.4 Å². The van der Waals surface area contributed by atoms with Crippen LogP contribution < -0.4 is 14.8 Å². The molecule has 0 saturated carbocycles. The third-order valence-corrected chi connectivity index (χ3v) is 7.63. The third-order valence-electron chi connectivity index (χ3n) is 6.95. The van der Waals surface area contributed by atoms with Crippen molar-refractivity contribution in [3.05, 3.63) is 64.9 Å². The topological polar surface area (TPSA) is 69.7 Å². The van der Waals surface area contributed by atoms with Crippen LogP contribution in [0.3, 0.4) is 0 Å². The Balaban J connectivity index is 1.43. The minimum atomic E-state index is -0.375. The Hall–Kier alpha value is -2.97. The van der Waals surface area contributed by atoms with Gasteiger partial charge in [0.25, 0.3) is 0 Å². The van der Waals surface area contributed by atoms with E-state index in [2.05, 4.69) is 17.2 Å². The standard InChI is InChI=1S/C28H31FN2O4S/c1-28(17-26(32)31-27-30-11-13-36-27)10-5-6-19-14-24(34-18-22-8-2-3-12-33-22)25(16-23(19)28)35-21-9-4-7-20(29)15-21/h4,7,9,11,13-16,22H,2-3,5-6,8,10,12,17-18H2,1H3,(H,30,31,32)/t22?,28-/m1/s1. The minimum absolute atomic E-state index is 0.0524. The highest BCUT2D eigenvalue weighted by Gasteiger charge is 2.36. The first-order chi connectivity index (χ1) is 17.5. The van der Waals surface area contributed by atoms with E-state index in [9.17, 15) is 9.18 Å². The average Bonchev–Trinajstić information content (AvgIpc) is 3.37. The number of benzene rings is 2. The number of thiazole rings is 1. The monoisotopic (exact) mass is 510 g/mol. The molecule has 8 heteroatoms. The Labute approximate surface area is 214 Å². The van der Waals surface area contributed by atoms with Crippen molar-refractivity contribution in [3.63, 3.8) is 0 Å². The molecule has 0 radical (unpaired) electrons. The molecule has 0 spiro atoms. The second kappa shape index (κ2) is 11.0. The molecule has 1 unspecified atom stereocenters. The van der Waals surface area contributed by atoms with E-state index in [4.69, 9.17) is 14.2 Å².